The summed E-state index contributed by atoms with van der Waals surface area (Å²) in [4.78, 5) is 18.8. The Balaban J connectivity index is 2.07. The van der Waals surface area contributed by atoms with E-state index in [9.17, 15) is 4.79 Å². The van der Waals surface area contributed by atoms with E-state index in [4.69, 9.17) is 9.72 Å². The van der Waals surface area contributed by atoms with E-state index in [1.54, 1.807) is 11.3 Å². The Hall–Kier alpha value is -0.940. The Bertz CT molecular complexity index is 465. The molecule has 20 heavy (non-hydrogen) atoms. The third-order valence-corrected chi connectivity index (χ3v) is 4.96. The highest BCUT2D eigenvalue weighted by Crippen LogP contribution is 2.27. The monoisotopic (exact) mass is 296 g/mol. The van der Waals surface area contributed by atoms with Crippen molar-refractivity contribution in [2.45, 2.75) is 58.0 Å². The molecular formula is C15H24N2O2S. The van der Waals surface area contributed by atoms with E-state index in [1.807, 2.05) is 0 Å². The summed E-state index contributed by atoms with van der Waals surface area (Å²) in [6.07, 6.45) is 3.13. The first-order valence-electron chi connectivity index (χ1n) is 7.18. The van der Waals surface area contributed by atoms with Crippen LogP contribution >= 0.6 is 11.3 Å². The van der Waals surface area contributed by atoms with Gasteiger partial charge >= 0.3 is 5.97 Å². The normalized spacial score (nSPS) is 20.9. The maximum absolute atomic E-state index is 11.9. The second-order valence-electron chi connectivity index (χ2n) is 6.40. The lowest BCUT2D eigenvalue weighted by Crippen LogP contribution is -2.44. The van der Waals surface area contributed by atoms with Gasteiger partial charge in [0.05, 0.1) is 17.8 Å². The van der Waals surface area contributed by atoms with Crippen molar-refractivity contribution in [1.29, 1.82) is 0 Å². The Morgan fingerprint density at radius 2 is 2.25 bits per heavy atom. The number of rotatable bonds is 3. The van der Waals surface area contributed by atoms with Gasteiger partial charge in [0.25, 0.3) is 0 Å². The lowest BCUT2D eigenvalue weighted by molar-refractivity contribution is -0.148. The van der Waals surface area contributed by atoms with Crippen LogP contribution in [-0.4, -0.2) is 35.5 Å². The largest absolute Gasteiger partial charge is 0.468 e. The molecule has 0 spiro atoms. The van der Waals surface area contributed by atoms with Gasteiger partial charge in [0, 0.05) is 17.3 Å². The van der Waals surface area contributed by atoms with Crippen LogP contribution in [0.4, 0.5) is 0 Å². The molecule has 0 saturated carbocycles. The Kier molecular flexibility index (Phi) is 4.81. The predicted octanol–water partition coefficient (Wildman–Crippen LogP) is 2.97. The topological polar surface area (TPSA) is 42.4 Å². The molecule has 0 bridgehead atoms. The van der Waals surface area contributed by atoms with Crippen molar-refractivity contribution >= 4 is 17.3 Å². The summed E-state index contributed by atoms with van der Waals surface area (Å²) in [5.41, 5.74) is 1.16. The number of ether oxygens (including phenoxy) is 1. The van der Waals surface area contributed by atoms with Crippen molar-refractivity contribution < 1.29 is 9.53 Å². The van der Waals surface area contributed by atoms with Gasteiger partial charge in [-0.3, -0.25) is 9.69 Å². The number of hydrogen-bond acceptors (Lipinski definition) is 5. The molecule has 0 amide bonds. The molecule has 0 N–H and O–H groups in total. The number of piperidine rings is 1. The molecule has 0 radical (unpaired) electrons. The van der Waals surface area contributed by atoms with E-state index in [1.165, 1.54) is 7.11 Å². The van der Waals surface area contributed by atoms with Gasteiger partial charge in [-0.25, -0.2) is 4.98 Å². The van der Waals surface area contributed by atoms with Crippen LogP contribution in [0.25, 0.3) is 0 Å². The van der Waals surface area contributed by atoms with E-state index in [2.05, 4.69) is 31.1 Å². The fourth-order valence-corrected chi connectivity index (χ4v) is 3.41. The number of hydrogen-bond donors (Lipinski definition) is 0. The van der Waals surface area contributed by atoms with Gasteiger partial charge in [-0.15, -0.1) is 11.3 Å². The van der Waals surface area contributed by atoms with Crippen LogP contribution in [0, 0.1) is 0 Å². The fraction of sp³-hybridized carbons (Fsp3) is 0.733. The minimum Gasteiger partial charge on any atom is -0.468 e. The van der Waals surface area contributed by atoms with Gasteiger partial charge in [-0.1, -0.05) is 27.2 Å². The first-order chi connectivity index (χ1) is 9.41. The molecule has 4 nitrogen and oxygen atoms in total. The summed E-state index contributed by atoms with van der Waals surface area (Å²) < 4.78 is 4.92. The SMILES string of the molecule is COC(=O)C1CCCCN1Cc1csc(C(C)(C)C)n1. The molecule has 1 aromatic rings. The summed E-state index contributed by atoms with van der Waals surface area (Å²) in [6.45, 7) is 8.21. The van der Waals surface area contributed by atoms with E-state index in [0.717, 1.165) is 43.1 Å². The summed E-state index contributed by atoms with van der Waals surface area (Å²) in [5.74, 6) is -0.115. The molecule has 1 aliphatic rings. The molecule has 0 aliphatic carbocycles. The van der Waals surface area contributed by atoms with Gasteiger partial charge < -0.3 is 4.74 Å². The number of methoxy groups -OCH3 is 1. The number of thiazole rings is 1. The molecular weight excluding hydrogens is 272 g/mol. The van der Waals surface area contributed by atoms with Crippen LogP contribution in [-0.2, 0) is 21.5 Å². The molecule has 1 saturated heterocycles. The zero-order valence-electron chi connectivity index (χ0n) is 12.8. The molecule has 2 heterocycles. The summed E-state index contributed by atoms with van der Waals surface area (Å²) in [7, 11) is 1.47. The third kappa shape index (κ3) is 3.58. The number of likely N-dealkylation sites (tertiary alicyclic amines) is 1. The lowest BCUT2D eigenvalue weighted by Gasteiger charge is -2.33. The van der Waals surface area contributed by atoms with Crippen LogP contribution in [0.3, 0.4) is 0 Å². The average Bonchev–Trinajstić information content (AvgIpc) is 2.87. The van der Waals surface area contributed by atoms with Crippen molar-refractivity contribution in [2.24, 2.45) is 0 Å². The molecule has 5 heteroatoms. The van der Waals surface area contributed by atoms with Crippen LogP contribution < -0.4 is 0 Å². The molecule has 1 fully saturated rings. The number of esters is 1. The highest BCUT2D eigenvalue weighted by Gasteiger charge is 2.30. The van der Waals surface area contributed by atoms with Gasteiger partial charge in [0.1, 0.15) is 6.04 Å². The van der Waals surface area contributed by atoms with E-state index in [-0.39, 0.29) is 17.4 Å². The van der Waals surface area contributed by atoms with Crippen molar-refractivity contribution in [3.63, 3.8) is 0 Å². The molecule has 1 atom stereocenters. The number of aromatic nitrogens is 1. The van der Waals surface area contributed by atoms with Crippen molar-refractivity contribution in [3.8, 4) is 0 Å². The summed E-state index contributed by atoms with van der Waals surface area (Å²) in [6, 6.07) is -0.103. The Labute approximate surface area is 125 Å². The second kappa shape index (κ2) is 6.22. The minimum atomic E-state index is -0.115. The van der Waals surface area contributed by atoms with Gasteiger partial charge in [-0.2, -0.15) is 0 Å². The Morgan fingerprint density at radius 3 is 2.85 bits per heavy atom. The summed E-state index contributed by atoms with van der Waals surface area (Å²) in [5, 5.41) is 3.27. The van der Waals surface area contributed by atoms with Crippen molar-refractivity contribution in [1.82, 2.24) is 9.88 Å². The van der Waals surface area contributed by atoms with E-state index >= 15 is 0 Å². The van der Waals surface area contributed by atoms with E-state index in [0.29, 0.717) is 0 Å². The minimum absolute atomic E-state index is 0.0898. The van der Waals surface area contributed by atoms with Crippen molar-refractivity contribution in [3.05, 3.63) is 16.1 Å². The highest BCUT2D eigenvalue weighted by atomic mass is 32.1. The third-order valence-electron chi connectivity index (χ3n) is 3.65. The molecule has 1 aromatic heterocycles. The second-order valence-corrected chi connectivity index (χ2v) is 7.26. The fourth-order valence-electron chi connectivity index (χ4n) is 2.52. The van der Waals surface area contributed by atoms with E-state index < -0.39 is 0 Å². The highest BCUT2D eigenvalue weighted by molar-refractivity contribution is 7.09. The van der Waals surface area contributed by atoms with Crippen LogP contribution in [0.5, 0.6) is 0 Å². The summed E-state index contributed by atoms with van der Waals surface area (Å²) >= 11 is 1.71. The predicted molar refractivity (Wildman–Crippen MR) is 80.9 cm³/mol. The lowest BCUT2D eigenvalue weighted by atomic mass is 9.98. The average molecular weight is 296 g/mol. The van der Waals surface area contributed by atoms with Crippen LogP contribution in [0.1, 0.15) is 50.7 Å². The van der Waals surface area contributed by atoms with Crippen LogP contribution in [0.2, 0.25) is 0 Å². The quantitative estimate of drug-likeness (QED) is 0.804. The number of nitrogens with zero attached hydrogens (tertiary/aromatic N) is 2. The van der Waals surface area contributed by atoms with Crippen molar-refractivity contribution in [2.75, 3.05) is 13.7 Å². The molecule has 1 unspecified atom stereocenters. The van der Waals surface area contributed by atoms with Gasteiger partial charge in [0.2, 0.25) is 0 Å². The maximum atomic E-state index is 11.9. The van der Waals surface area contributed by atoms with Gasteiger partial charge in [-0.05, 0) is 19.4 Å². The number of carbonyl (C=O) groups is 1. The maximum Gasteiger partial charge on any atom is 0.323 e. The van der Waals surface area contributed by atoms with Crippen LogP contribution in [0.15, 0.2) is 5.38 Å². The van der Waals surface area contributed by atoms with Gasteiger partial charge in [0.15, 0.2) is 0 Å². The standard InChI is InChI=1S/C15H24N2O2S/c1-15(2,3)14-16-11(10-20-14)9-17-8-6-5-7-12(17)13(18)19-4/h10,12H,5-9H2,1-4H3. The Morgan fingerprint density at radius 1 is 1.50 bits per heavy atom. The first kappa shape index (κ1) is 15.4. The molecule has 1 aliphatic heterocycles. The first-order valence-corrected chi connectivity index (χ1v) is 8.06. The zero-order valence-corrected chi connectivity index (χ0v) is 13.6. The smallest absolute Gasteiger partial charge is 0.323 e. The zero-order chi connectivity index (χ0) is 14.8. The molecule has 2 rings (SSSR count). The molecule has 0 aromatic carbocycles. The number of carbonyl (C=O) groups excluding carboxylic acids is 1. The molecule has 112 valence electrons.